The van der Waals surface area contributed by atoms with Crippen LogP contribution in [0.3, 0.4) is 0 Å². The maximum atomic E-state index is 10.3. The number of nitrogens with one attached hydrogen (secondary N) is 1. The fourth-order valence-electron chi connectivity index (χ4n) is 2.38. The Balaban J connectivity index is 1.79. The SMILES string of the molecule is C[C@@H](CNCC1(O)CCOCC1)c1cccc(Br)c1. The highest BCUT2D eigenvalue weighted by Crippen LogP contribution is 2.21. The van der Waals surface area contributed by atoms with Gasteiger partial charge < -0.3 is 15.2 Å². The summed E-state index contributed by atoms with van der Waals surface area (Å²) >= 11 is 3.50. The fraction of sp³-hybridized carbons (Fsp3) is 0.600. The quantitative estimate of drug-likeness (QED) is 0.873. The van der Waals surface area contributed by atoms with Crippen molar-refractivity contribution in [3.8, 4) is 0 Å². The van der Waals surface area contributed by atoms with E-state index in [4.69, 9.17) is 4.74 Å². The zero-order chi connectivity index (χ0) is 13.7. The minimum atomic E-state index is -0.588. The van der Waals surface area contributed by atoms with Crippen LogP contribution in [0.2, 0.25) is 0 Å². The van der Waals surface area contributed by atoms with Gasteiger partial charge in [0.2, 0.25) is 0 Å². The number of aliphatic hydroxyl groups is 1. The van der Waals surface area contributed by atoms with Gasteiger partial charge in [0.25, 0.3) is 0 Å². The van der Waals surface area contributed by atoms with Crippen LogP contribution in [0.1, 0.15) is 31.2 Å². The lowest BCUT2D eigenvalue weighted by atomic mass is 9.94. The van der Waals surface area contributed by atoms with Crippen LogP contribution >= 0.6 is 15.9 Å². The molecule has 1 saturated heterocycles. The largest absolute Gasteiger partial charge is 0.388 e. The van der Waals surface area contributed by atoms with Crippen LogP contribution in [0.25, 0.3) is 0 Å². The normalized spacial score (nSPS) is 20.2. The van der Waals surface area contributed by atoms with Gasteiger partial charge in [-0.2, -0.15) is 0 Å². The van der Waals surface area contributed by atoms with Crippen molar-refractivity contribution in [1.29, 1.82) is 0 Å². The third-order valence-electron chi connectivity index (χ3n) is 3.75. The van der Waals surface area contributed by atoms with E-state index in [1.54, 1.807) is 0 Å². The Hall–Kier alpha value is -0.420. The monoisotopic (exact) mass is 327 g/mol. The van der Waals surface area contributed by atoms with Gasteiger partial charge in [-0.05, 0) is 23.6 Å². The predicted molar refractivity (Wildman–Crippen MR) is 80.4 cm³/mol. The van der Waals surface area contributed by atoms with E-state index >= 15 is 0 Å². The molecular formula is C15H22BrNO2. The lowest BCUT2D eigenvalue weighted by Crippen LogP contribution is -2.45. The second kappa shape index (κ2) is 6.84. The molecule has 0 radical (unpaired) electrons. The topological polar surface area (TPSA) is 41.5 Å². The smallest absolute Gasteiger partial charge is 0.0815 e. The van der Waals surface area contributed by atoms with Gasteiger partial charge in [0.15, 0.2) is 0 Å². The molecule has 1 aliphatic heterocycles. The van der Waals surface area contributed by atoms with E-state index in [1.165, 1.54) is 5.56 Å². The van der Waals surface area contributed by atoms with Gasteiger partial charge in [0.05, 0.1) is 5.60 Å². The van der Waals surface area contributed by atoms with Crippen molar-refractivity contribution in [3.05, 3.63) is 34.3 Å². The minimum Gasteiger partial charge on any atom is -0.388 e. The van der Waals surface area contributed by atoms with E-state index < -0.39 is 5.60 Å². The van der Waals surface area contributed by atoms with Crippen molar-refractivity contribution in [2.75, 3.05) is 26.3 Å². The molecule has 4 heteroatoms. The molecule has 0 amide bonds. The summed E-state index contributed by atoms with van der Waals surface area (Å²) in [6.45, 7) is 5.05. The molecule has 0 bridgehead atoms. The molecule has 0 saturated carbocycles. The highest BCUT2D eigenvalue weighted by Gasteiger charge is 2.29. The fourth-order valence-corrected chi connectivity index (χ4v) is 2.80. The number of halogens is 1. The molecule has 0 aliphatic carbocycles. The summed E-state index contributed by atoms with van der Waals surface area (Å²) in [6.07, 6.45) is 1.45. The standard InChI is InChI=1S/C15H22BrNO2/c1-12(13-3-2-4-14(16)9-13)10-17-11-15(18)5-7-19-8-6-15/h2-4,9,12,17-18H,5-8,10-11H2,1H3/t12-/m0/s1. The zero-order valence-electron chi connectivity index (χ0n) is 11.4. The molecule has 2 rings (SSSR count). The molecule has 1 aromatic carbocycles. The van der Waals surface area contributed by atoms with E-state index in [-0.39, 0.29) is 0 Å². The Bertz CT molecular complexity index is 405. The van der Waals surface area contributed by atoms with E-state index in [2.05, 4.69) is 46.4 Å². The van der Waals surface area contributed by atoms with Gasteiger partial charge >= 0.3 is 0 Å². The summed E-state index contributed by atoms with van der Waals surface area (Å²) in [5, 5.41) is 13.7. The third-order valence-corrected chi connectivity index (χ3v) is 4.24. The third kappa shape index (κ3) is 4.56. The molecule has 1 aromatic rings. The molecule has 1 heterocycles. The summed E-state index contributed by atoms with van der Waals surface area (Å²) < 4.78 is 6.39. The Morgan fingerprint density at radius 2 is 2.16 bits per heavy atom. The Labute approximate surface area is 123 Å². The van der Waals surface area contributed by atoms with Crippen LogP contribution in [0.4, 0.5) is 0 Å². The molecule has 1 fully saturated rings. The molecule has 106 valence electrons. The van der Waals surface area contributed by atoms with Crippen molar-refractivity contribution in [1.82, 2.24) is 5.32 Å². The first-order valence-electron chi connectivity index (χ1n) is 6.85. The summed E-state index contributed by atoms with van der Waals surface area (Å²) in [6, 6.07) is 8.38. The van der Waals surface area contributed by atoms with E-state index in [0.29, 0.717) is 25.7 Å². The Morgan fingerprint density at radius 1 is 1.42 bits per heavy atom. The number of hydrogen-bond acceptors (Lipinski definition) is 3. The van der Waals surface area contributed by atoms with Crippen LogP contribution in [0.5, 0.6) is 0 Å². The molecule has 0 spiro atoms. The van der Waals surface area contributed by atoms with Crippen LogP contribution in [0, 0.1) is 0 Å². The van der Waals surface area contributed by atoms with E-state index in [1.807, 2.05) is 6.07 Å². The minimum absolute atomic E-state index is 0.431. The summed E-state index contributed by atoms with van der Waals surface area (Å²) in [5.41, 5.74) is 0.718. The zero-order valence-corrected chi connectivity index (χ0v) is 12.9. The summed E-state index contributed by atoms with van der Waals surface area (Å²) in [4.78, 5) is 0. The van der Waals surface area contributed by atoms with Crippen molar-refractivity contribution < 1.29 is 9.84 Å². The first-order valence-corrected chi connectivity index (χ1v) is 7.65. The lowest BCUT2D eigenvalue weighted by molar-refractivity contribution is -0.0615. The van der Waals surface area contributed by atoms with Gasteiger partial charge in [-0.15, -0.1) is 0 Å². The van der Waals surface area contributed by atoms with Crippen LogP contribution in [0.15, 0.2) is 28.7 Å². The summed E-state index contributed by atoms with van der Waals surface area (Å²) in [5.74, 6) is 0.431. The maximum absolute atomic E-state index is 10.3. The van der Waals surface area contributed by atoms with Gasteiger partial charge in [-0.25, -0.2) is 0 Å². The van der Waals surface area contributed by atoms with Crippen LogP contribution in [-0.4, -0.2) is 37.0 Å². The molecule has 0 unspecified atom stereocenters. The highest BCUT2D eigenvalue weighted by atomic mass is 79.9. The number of benzene rings is 1. The maximum Gasteiger partial charge on any atom is 0.0815 e. The predicted octanol–water partition coefficient (Wildman–Crippen LogP) is 2.68. The molecule has 3 nitrogen and oxygen atoms in total. The van der Waals surface area contributed by atoms with Crippen molar-refractivity contribution in [2.45, 2.75) is 31.3 Å². The molecule has 2 N–H and O–H groups in total. The van der Waals surface area contributed by atoms with Crippen LogP contribution in [-0.2, 0) is 4.74 Å². The summed E-state index contributed by atoms with van der Waals surface area (Å²) in [7, 11) is 0. The van der Waals surface area contributed by atoms with E-state index in [9.17, 15) is 5.11 Å². The molecule has 0 aromatic heterocycles. The van der Waals surface area contributed by atoms with Gasteiger partial charge in [0.1, 0.15) is 0 Å². The Kier molecular flexibility index (Phi) is 5.39. The Morgan fingerprint density at radius 3 is 2.84 bits per heavy atom. The van der Waals surface area contributed by atoms with Gasteiger partial charge in [-0.1, -0.05) is 35.0 Å². The number of rotatable bonds is 5. The lowest BCUT2D eigenvalue weighted by Gasteiger charge is -2.32. The second-order valence-electron chi connectivity index (χ2n) is 5.42. The van der Waals surface area contributed by atoms with Crippen molar-refractivity contribution in [3.63, 3.8) is 0 Å². The van der Waals surface area contributed by atoms with Crippen molar-refractivity contribution in [2.24, 2.45) is 0 Å². The number of hydrogen-bond donors (Lipinski definition) is 2. The van der Waals surface area contributed by atoms with Crippen molar-refractivity contribution >= 4 is 15.9 Å². The second-order valence-corrected chi connectivity index (χ2v) is 6.34. The van der Waals surface area contributed by atoms with Crippen LogP contribution < -0.4 is 5.32 Å². The van der Waals surface area contributed by atoms with Gasteiger partial charge in [-0.3, -0.25) is 0 Å². The average molecular weight is 328 g/mol. The first-order chi connectivity index (χ1) is 9.09. The molecule has 1 atom stereocenters. The molecule has 19 heavy (non-hydrogen) atoms. The molecular weight excluding hydrogens is 306 g/mol. The molecule has 1 aliphatic rings. The number of ether oxygens (including phenoxy) is 1. The average Bonchev–Trinajstić information content (AvgIpc) is 2.39. The van der Waals surface area contributed by atoms with Gasteiger partial charge in [0, 0.05) is 43.6 Å². The highest BCUT2D eigenvalue weighted by molar-refractivity contribution is 9.10. The van der Waals surface area contributed by atoms with E-state index in [0.717, 1.165) is 23.9 Å². The first kappa shape index (κ1) is 15.0.